The van der Waals surface area contributed by atoms with Crippen LogP contribution in [0.2, 0.25) is 0 Å². The van der Waals surface area contributed by atoms with Gasteiger partial charge in [-0.1, -0.05) is 101 Å². The summed E-state index contributed by atoms with van der Waals surface area (Å²) in [7, 11) is 0. The third kappa shape index (κ3) is 5.21. The fourth-order valence-corrected chi connectivity index (χ4v) is 11.8. The largest absolute Gasteiger partial charge is 0.458 e. The van der Waals surface area contributed by atoms with Gasteiger partial charge in [-0.05, 0) is 148 Å². The first kappa shape index (κ1) is 33.9. The molecular weight excluding hydrogens is 750 g/mol. The number of hydrogen-bond acceptors (Lipinski definition) is 6. The lowest BCUT2D eigenvalue weighted by molar-refractivity contribution is 0.444. The highest BCUT2D eigenvalue weighted by Gasteiger charge is 2.44. The Kier molecular flexibility index (Phi) is 7.69. The molecule has 4 heterocycles. The zero-order valence-electron chi connectivity index (χ0n) is 31.6. The van der Waals surface area contributed by atoms with Crippen molar-refractivity contribution in [1.82, 2.24) is 0 Å². The Morgan fingerprint density at radius 1 is 0.517 bits per heavy atom. The van der Waals surface area contributed by atoms with E-state index in [0.29, 0.717) is 0 Å². The zero-order chi connectivity index (χ0) is 38.5. The summed E-state index contributed by atoms with van der Waals surface area (Å²) < 4.78 is 26.2. The van der Waals surface area contributed by atoms with Crippen molar-refractivity contribution in [2.45, 2.75) is 33.4 Å². The molecule has 8 heteroatoms. The number of allylic oxidation sites excluding steroid dienone is 3. The summed E-state index contributed by atoms with van der Waals surface area (Å²) in [6.07, 6.45) is 5.96. The summed E-state index contributed by atoms with van der Waals surface area (Å²) >= 11 is 3.72. The highest BCUT2D eigenvalue weighted by molar-refractivity contribution is 8.01. The molecule has 0 fully saturated rings. The summed E-state index contributed by atoms with van der Waals surface area (Å²) in [4.78, 5) is 5.02. The van der Waals surface area contributed by atoms with Crippen molar-refractivity contribution in [2.75, 3.05) is 0 Å². The van der Waals surface area contributed by atoms with Gasteiger partial charge in [0.05, 0.1) is 0 Å². The normalized spacial score (nSPS) is 14.1. The van der Waals surface area contributed by atoms with Crippen molar-refractivity contribution in [3.05, 3.63) is 164 Å². The average molecular weight is 783 g/mol. The number of rotatable bonds is 5. The Bertz CT molecular complexity index is 3120. The van der Waals surface area contributed by atoms with Gasteiger partial charge in [-0.15, -0.1) is 0 Å². The Morgan fingerprint density at radius 3 is 1.66 bits per heavy atom. The van der Waals surface area contributed by atoms with Gasteiger partial charge in [0.1, 0.15) is 46.0 Å². The van der Waals surface area contributed by atoms with E-state index >= 15 is 0 Å². The van der Waals surface area contributed by atoms with Crippen molar-refractivity contribution >= 4 is 91.3 Å². The molecule has 0 aromatic heterocycles. The molecular formula is C50H32B2O4S2. The van der Waals surface area contributed by atoms with E-state index in [2.05, 4.69) is 109 Å². The molecule has 0 N–H and O–H groups in total. The average Bonchev–Trinajstić information content (AvgIpc) is 3.25. The smallest absolute Gasteiger partial charge is 0.253 e. The summed E-state index contributed by atoms with van der Waals surface area (Å²) in [5.74, 6) is 6.82. The number of ether oxygens (including phenoxy) is 4. The Labute approximate surface area is 345 Å². The third-order valence-corrected chi connectivity index (χ3v) is 14.1. The predicted molar refractivity (Wildman–Crippen MR) is 241 cm³/mol. The van der Waals surface area contributed by atoms with Crippen molar-refractivity contribution in [1.29, 1.82) is 0 Å². The van der Waals surface area contributed by atoms with Gasteiger partial charge in [-0.2, -0.15) is 0 Å². The molecule has 0 aliphatic carbocycles. The van der Waals surface area contributed by atoms with E-state index in [1.165, 1.54) is 63.1 Å². The van der Waals surface area contributed by atoms with Gasteiger partial charge in [-0.3, -0.25) is 0 Å². The number of fused-ring (bicyclic) bond motifs is 12. The van der Waals surface area contributed by atoms with Gasteiger partial charge in [-0.25, -0.2) is 0 Å². The lowest BCUT2D eigenvalue weighted by Gasteiger charge is -2.37. The molecule has 0 unspecified atom stereocenters. The van der Waals surface area contributed by atoms with E-state index in [4.69, 9.17) is 18.9 Å². The lowest BCUT2D eigenvalue weighted by Crippen LogP contribution is -2.62. The molecule has 0 saturated carbocycles. The van der Waals surface area contributed by atoms with E-state index in [1.807, 2.05) is 85.9 Å². The van der Waals surface area contributed by atoms with Crippen molar-refractivity contribution in [3.63, 3.8) is 0 Å². The highest BCUT2D eigenvalue weighted by atomic mass is 32.2. The van der Waals surface area contributed by atoms with Gasteiger partial charge in [0, 0.05) is 19.6 Å². The summed E-state index contributed by atoms with van der Waals surface area (Å²) in [5, 5.41) is 4.57. The number of para-hydroxylation sites is 3. The molecule has 8 aromatic rings. The fraction of sp³-hybridized carbons (Fsp3) is 0.0400. The van der Waals surface area contributed by atoms with Gasteiger partial charge >= 0.3 is 0 Å². The molecule has 0 bridgehead atoms. The first-order valence-corrected chi connectivity index (χ1v) is 21.2. The second-order valence-corrected chi connectivity index (χ2v) is 17.1. The second-order valence-electron chi connectivity index (χ2n) is 15.0. The number of benzene rings is 8. The van der Waals surface area contributed by atoms with Crippen LogP contribution in [-0.4, -0.2) is 13.4 Å². The molecule has 4 nitrogen and oxygen atoms in total. The quantitative estimate of drug-likeness (QED) is 0.0984. The van der Waals surface area contributed by atoms with Crippen molar-refractivity contribution < 1.29 is 18.9 Å². The molecule has 58 heavy (non-hydrogen) atoms. The SMILES string of the molecule is C/C=C\C(=C/C)Oc1ccc2c3c4c(cc2c1)Oc1ccccc1B4c1cc2c(cc1S3)Sc1c3c(cc4cc(Oc5ccccc5)ccc14)Oc1ccccc1B23. The minimum absolute atomic E-state index is 0.0155. The van der Waals surface area contributed by atoms with E-state index in [0.717, 1.165) is 56.8 Å². The first-order chi connectivity index (χ1) is 28.6. The van der Waals surface area contributed by atoms with Gasteiger partial charge in [0.15, 0.2) is 0 Å². The van der Waals surface area contributed by atoms with E-state index in [1.54, 1.807) is 0 Å². The maximum atomic E-state index is 6.78. The molecule has 12 rings (SSSR count). The zero-order valence-corrected chi connectivity index (χ0v) is 33.2. The maximum absolute atomic E-state index is 6.78. The monoisotopic (exact) mass is 782 g/mol. The van der Waals surface area contributed by atoms with Gasteiger partial charge < -0.3 is 18.9 Å². The Hall–Kier alpha value is -6.21. The van der Waals surface area contributed by atoms with Crippen LogP contribution in [0.1, 0.15) is 13.8 Å². The van der Waals surface area contributed by atoms with Crippen molar-refractivity contribution in [2.24, 2.45) is 0 Å². The number of hydrogen-bond donors (Lipinski definition) is 0. The first-order valence-electron chi connectivity index (χ1n) is 19.6. The van der Waals surface area contributed by atoms with Crippen LogP contribution in [0.3, 0.4) is 0 Å². The summed E-state index contributed by atoms with van der Waals surface area (Å²) in [6.45, 7) is 4.02. The Morgan fingerprint density at radius 2 is 1.07 bits per heavy atom. The molecule has 0 amide bonds. The van der Waals surface area contributed by atoms with Gasteiger partial charge in [0.25, 0.3) is 13.4 Å². The highest BCUT2D eigenvalue weighted by Crippen LogP contribution is 2.46. The van der Waals surface area contributed by atoms with Crippen molar-refractivity contribution in [3.8, 4) is 40.2 Å². The molecule has 0 atom stereocenters. The minimum Gasteiger partial charge on any atom is -0.458 e. The molecule has 0 saturated heterocycles. The molecule has 0 spiro atoms. The summed E-state index contributed by atoms with van der Waals surface area (Å²) in [5.41, 5.74) is 7.48. The van der Waals surface area contributed by atoms with Crippen LogP contribution in [0.25, 0.3) is 21.5 Å². The van der Waals surface area contributed by atoms with E-state index in [-0.39, 0.29) is 13.4 Å². The molecule has 4 aliphatic rings. The lowest BCUT2D eigenvalue weighted by atomic mass is 9.32. The minimum atomic E-state index is 0.0155. The van der Waals surface area contributed by atoms with Crippen LogP contribution >= 0.6 is 23.5 Å². The maximum Gasteiger partial charge on any atom is 0.253 e. The van der Waals surface area contributed by atoms with E-state index in [9.17, 15) is 0 Å². The van der Waals surface area contributed by atoms with E-state index < -0.39 is 0 Å². The molecule has 0 radical (unpaired) electrons. The molecule has 8 aromatic carbocycles. The van der Waals surface area contributed by atoms with Crippen LogP contribution in [0.15, 0.2) is 183 Å². The third-order valence-electron chi connectivity index (χ3n) is 11.6. The standard InChI is InChI=1S/C50H32B2O4S2/c1-3-12-31(4-2)53-33-19-21-35-29(23-33)25-43-47-49(35)57-45-28-46-40(27-39(45)51(47)37-15-8-10-17-41(37)55-43)52-38-16-9-11-18-42(38)56-44-26-30-24-34(54-32-13-6-5-7-14-32)20-22-36(30)50(58-46)48(44)52/h3-28H,1-2H3/b12-3-,31-4+. The Balaban J connectivity index is 1.04. The summed E-state index contributed by atoms with van der Waals surface area (Å²) in [6, 6.07) is 49.3. The topological polar surface area (TPSA) is 36.9 Å². The van der Waals surface area contributed by atoms with Crippen LogP contribution in [-0.2, 0) is 0 Å². The van der Waals surface area contributed by atoms with Crippen LogP contribution in [0.4, 0.5) is 0 Å². The van der Waals surface area contributed by atoms with Gasteiger partial charge in [0.2, 0.25) is 0 Å². The van der Waals surface area contributed by atoms with Crippen LogP contribution < -0.4 is 51.7 Å². The fourth-order valence-electron chi connectivity index (χ4n) is 9.12. The van der Waals surface area contributed by atoms with Crippen LogP contribution in [0.5, 0.6) is 40.2 Å². The molecule has 4 aliphatic heterocycles. The second kappa shape index (κ2) is 13.2. The molecule has 274 valence electrons. The predicted octanol–water partition coefficient (Wildman–Crippen LogP) is 9.82. The van der Waals surface area contributed by atoms with Crippen LogP contribution in [0, 0.1) is 0 Å².